The van der Waals surface area contributed by atoms with Crippen LogP contribution >= 0.6 is 23.8 Å². The minimum Gasteiger partial charge on any atom is -0.361 e. The molecule has 170 valence electrons. The Morgan fingerprint density at radius 2 is 1.79 bits per heavy atom. The number of rotatable bonds is 6. The van der Waals surface area contributed by atoms with Gasteiger partial charge in [0.15, 0.2) is 5.11 Å². The number of nitrogens with one attached hydrogen (secondary N) is 2. The molecule has 1 aliphatic rings. The number of fused-ring (bicyclic) bond motifs is 1. The van der Waals surface area contributed by atoms with E-state index in [0.717, 1.165) is 16.5 Å². The van der Waals surface area contributed by atoms with Crippen molar-refractivity contribution in [2.75, 3.05) is 10.2 Å². The standard InChI is InChI=1S/C26H21ClN4O2S/c27-21-9-5-4-6-18(21)16-30-23(25(33)31(26(30)34)20-7-2-1-3-8-20)15-24(32)29-19-11-10-17-12-13-28-22(17)14-19/h1-14,23,28H,15-16H2,(H,29,32). The summed E-state index contributed by atoms with van der Waals surface area (Å²) in [5.74, 6) is -0.510. The zero-order valence-electron chi connectivity index (χ0n) is 18.1. The molecule has 6 nitrogen and oxygen atoms in total. The van der Waals surface area contributed by atoms with Gasteiger partial charge in [-0.05, 0) is 59.6 Å². The van der Waals surface area contributed by atoms with Crippen LogP contribution in [0.2, 0.25) is 5.02 Å². The van der Waals surface area contributed by atoms with Crippen LogP contribution in [0.15, 0.2) is 85.1 Å². The first-order valence-electron chi connectivity index (χ1n) is 10.8. The average Bonchev–Trinajstić information content (AvgIpc) is 3.39. The number of hydrogen-bond donors (Lipinski definition) is 2. The van der Waals surface area contributed by atoms with E-state index >= 15 is 0 Å². The van der Waals surface area contributed by atoms with Crippen molar-refractivity contribution in [1.29, 1.82) is 0 Å². The van der Waals surface area contributed by atoms with E-state index in [1.165, 1.54) is 4.90 Å². The topological polar surface area (TPSA) is 68.4 Å². The van der Waals surface area contributed by atoms with Crippen molar-refractivity contribution in [3.05, 3.63) is 95.6 Å². The Morgan fingerprint density at radius 3 is 2.59 bits per heavy atom. The molecule has 4 aromatic rings. The number of para-hydroxylation sites is 1. The number of halogens is 1. The van der Waals surface area contributed by atoms with Crippen LogP contribution < -0.4 is 10.2 Å². The highest BCUT2D eigenvalue weighted by Gasteiger charge is 2.44. The highest BCUT2D eigenvalue weighted by Crippen LogP contribution is 2.30. The highest BCUT2D eigenvalue weighted by atomic mass is 35.5. The van der Waals surface area contributed by atoms with E-state index in [0.29, 0.717) is 28.1 Å². The van der Waals surface area contributed by atoms with E-state index in [1.54, 1.807) is 11.0 Å². The highest BCUT2D eigenvalue weighted by molar-refractivity contribution is 7.80. The van der Waals surface area contributed by atoms with E-state index in [1.807, 2.05) is 79.0 Å². The van der Waals surface area contributed by atoms with Crippen molar-refractivity contribution in [3.63, 3.8) is 0 Å². The van der Waals surface area contributed by atoms with Gasteiger partial charge in [-0.1, -0.05) is 54.1 Å². The average molecular weight is 489 g/mol. The van der Waals surface area contributed by atoms with Crippen LogP contribution in [0.1, 0.15) is 12.0 Å². The second-order valence-corrected chi connectivity index (χ2v) is 8.83. The number of amides is 2. The molecule has 2 amide bonds. The third kappa shape index (κ3) is 4.27. The molecule has 2 N–H and O–H groups in total. The molecule has 3 aromatic carbocycles. The molecule has 0 aliphatic carbocycles. The second kappa shape index (κ2) is 9.29. The van der Waals surface area contributed by atoms with Gasteiger partial charge in [0.1, 0.15) is 6.04 Å². The van der Waals surface area contributed by atoms with Crippen molar-refractivity contribution in [2.24, 2.45) is 0 Å². The van der Waals surface area contributed by atoms with Gasteiger partial charge in [-0.2, -0.15) is 0 Å². The Morgan fingerprint density at radius 1 is 1.03 bits per heavy atom. The van der Waals surface area contributed by atoms with Crippen LogP contribution in [0, 0.1) is 0 Å². The number of carbonyl (C=O) groups is 2. The van der Waals surface area contributed by atoms with Crippen LogP contribution in [0.5, 0.6) is 0 Å². The summed E-state index contributed by atoms with van der Waals surface area (Å²) >= 11 is 12.1. The maximum atomic E-state index is 13.5. The van der Waals surface area contributed by atoms with Gasteiger partial charge in [0.25, 0.3) is 5.91 Å². The molecule has 1 aromatic heterocycles. The Labute approximate surface area is 207 Å². The van der Waals surface area contributed by atoms with E-state index in [9.17, 15) is 9.59 Å². The number of anilines is 2. The zero-order chi connectivity index (χ0) is 23.7. The van der Waals surface area contributed by atoms with Crippen molar-refractivity contribution in [2.45, 2.75) is 19.0 Å². The van der Waals surface area contributed by atoms with Crippen LogP contribution in [0.25, 0.3) is 10.9 Å². The SMILES string of the molecule is O=C(CC1C(=O)N(c2ccccc2)C(=S)N1Cc1ccccc1Cl)Nc1ccc2cc[nH]c2c1. The molecule has 34 heavy (non-hydrogen) atoms. The number of aromatic nitrogens is 1. The van der Waals surface area contributed by atoms with Gasteiger partial charge in [0.2, 0.25) is 5.91 Å². The molecule has 1 aliphatic heterocycles. The first-order chi connectivity index (χ1) is 16.5. The van der Waals surface area contributed by atoms with Gasteiger partial charge in [-0.3, -0.25) is 14.5 Å². The molecule has 2 heterocycles. The maximum absolute atomic E-state index is 13.5. The van der Waals surface area contributed by atoms with E-state index in [4.69, 9.17) is 23.8 Å². The summed E-state index contributed by atoms with van der Waals surface area (Å²) < 4.78 is 0. The third-order valence-corrected chi connectivity index (χ3v) is 6.63. The van der Waals surface area contributed by atoms with Gasteiger partial charge in [-0.15, -0.1) is 0 Å². The van der Waals surface area contributed by atoms with Crippen molar-refractivity contribution >= 4 is 63.0 Å². The summed E-state index contributed by atoms with van der Waals surface area (Å²) in [5.41, 5.74) is 3.08. The van der Waals surface area contributed by atoms with Crippen LogP contribution in [0.4, 0.5) is 11.4 Å². The molecule has 1 unspecified atom stereocenters. The Kier molecular flexibility index (Phi) is 6.04. The summed E-state index contributed by atoms with van der Waals surface area (Å²) in [7, 11) is 0. The van der Waals surface area contributed by atoms with Gasteiger partial charge >= 0.3 is 0 Å². The Hall–Kier alpha value is -3.68. The minimum atomic E-state index is -0.752. The van der Waals surface area contributed by atoms with Crippen LogP contribution in [-0.4, -0.2) is 32.9 Å². The lowest BCUT2D eigenvalue weighted by atomic mass is 10.1. The lowest BCUT2D eigenvalue weighted by molar-refractivity contribution is -0.124. The molecule has 1 saturated heterocycles. The first kappa shape index (κ1) is 22.1. The van der Waals surface area contributed by atoms with Gasteiger partial charge in [0.05, 0.1) is 12.1 Å². The van der Waals surface area contributed by atoms with Crippen molar-refractivity contribution in [1.82, 2.24) is 9.88 Å². The van der Waals surface area contributed by atoms with Crippen LogP contribution in [0.3, 0.4) is 0 Å². The Bertz CT molecular complexity index is 1390. The Balaban J connectivity index is 1.41. The lowest BCUT2D eigenvalue weighted by Crippen LogP contribution is -2.37. The largest absolute Gasteiger partial charge is 0.361 e. The number of aromatic amines is 1. The monoisotopic (exact) mass is 488 g/mol. The fourth-order valence-electron chi connectivity index (χ4n) is 4.15. The van der Waals surface area contributed by atoms with Gasteiger partial charge < -0.3 is 15.2 Å². The molecule has 1 fully saturated rings. The fourth-order valence-corrected chi connectivity index (χ4v) is 4.73. The van der Waals surface area contributed by atoms with Crippen molar-refractivity contribution in [3.8, 4) is 0 Å². The summed E-state index contributed by atoms with van der Waals surface area (Å²) in [6.07, 6.45) is 1.80. The molecule has 0 saturated carbocycles. The number of nitrogens with zero attached hydrogens (tertiary/aromatic N) is 2. The van der Waals surface area contributed by atoms with E-state index in [-0.39, 0.29) is 18.2 Å². The summed E-state index contributed by atoms with van der Waals surface area (Å²) in [6.45, 7) is 0.319. The number of hydrogen-bond acceptors (Lipinski definition) is 3. The van der Waals surface area contributed by atoms with Gasteiger partial charge in [0, 0.05) is 29.0 Å². The molecule has 0 bridgehead atoms. The molecule has 1 atom stereocenters. The summed E-state index contributed by atoms with van der Waals surface area (Å²) in [5, 5.41) is 4.90. The van der Waals surface area contributed by atoms with E-state index < -0.39 is 6.04 Å². The quantitative estimate of drug-likeness (QED) is 0.359. The molecule has 5 rings (SSSR count). The third-order valence-electron chi connectivity index (χ3n) is 5.85. The predicted molar refractivity (Wildman–Crippen MR) is 139 cm³/mol. The van der Waals surface area contributed by atoms with Gasteiger partial charge in [-0.25, -0.2) is 0 Å². The summed E-state index contributed by atoms with van der Waals surface area (Å²) in [6, 6.07) is 23.5. The first-order valence-corrected chi connectivity index (χ1v) is 11.6. The smallest absolute Gasteiger partial charge is 0.256 e. The lowest BCUT2D eigenvalue weighted by Gasteiger charge is -2.24. The number of H-pyrrole nitrogens is 1. The number of carbonyl (C=O) groups excluding carboxylic acids is 2. The molecule has 0 spiro atoms. The van der Waals surface area contributed by atoms with Crippen LogP contribution in [-0.2, 0) is 16.1 Å². The number of thiocarbonyl (C=S) groups is 1. The predicted octanol–water partition coefficient (Wildman–Crippen LogP) is 5.35. The zero-order valence-corrected chi connectivity index (χ0v) is 19.6. The molecule has 8 heteroatoms. The molecule has 0 radical (unpaired) electrons. The fraction of sp³-hybridized carbons (Fsp3) is 0.115. The van der Waals surface area contributed by atoms with E-state index in [2.05, 4.69) is 10.3 Å². The molecular weight excluding hydrogens is 468 g/mol. The second-order valence-electron chi connectivity index (χ2n) is 8.06. The van der Waals surface area contributed by atoms with Crippen molar-refractivity contribution < 1.29 is 9.59 Å². The maximum Gasteiger partial charge on any atom is 0.256 e. The number of benzene rings is 3. The minimum absolute atomic E-state index is 0.0461. The molecular formula is C26H21ClN4O2S. The summed E-state index contributed by atoms with van der Waals surface area (Å²) in [4.78, 5) is 32.9. The normalized spacial score (nSPS) is 15.9.